The fourth-order valence-corrected chi connectivity index (χ4v) is 1.76. The van der Waals surface area contributed by atoms with Gasteiger partial charge in [0.1, 0.15) is 11.5 Å². The number of benzene rings is 1. The molecule has 0 heterocycles. The molecule has 1 aromatic rings. The van der Waals surface area contributed by atoms with Gasteiger partial charge in [-0.1, -0.05) is 0 Å². The van der Waals surface area contributed by atoms with Crippen LogP contribution < -0.4 is 9.47 Å². The van der Waals surface area contributed by atoms with Crippen molar-refractivity contribution >= 4 is 38.5 Å². The molecule has 66 valence electrons. The predicted octanol–water partition coefficient (Wildman–Crippen LogP) is 3.07. The molecule has 0 radical (unpaired) electrons. The molecule has 1 rings (SSSR count). The van der Waals surface area contributed by atoms with Crippen LogP contribution in [-0.2, 0) is 0 Å². The van der Waals surface area contributed by atoms with Crippen LogP contribution in [0.5, 0.6) is 11.5 Å². The van der Waals surface area contributed by atoms with Crippen molar-refractivity contribution in [1.82, 2.24) is 0 Å². The van der Waals surface area contributed by atoms with Crippen molar-refractivity contribution in [2.75, 3.05) is 14.2 Å². The quantitative estimate of drug-likeness (QED) is 0.769. The molecule has 2 nitrogen and oxygen atoms in total. The first-order valence-corrected chi connectivity index (χ1v) is 5.13. The van der Waals surface area contributed by atoms with Crippen molar-refractivity contribution in [1.29, 1.82) is 0 Å². The summed E-state index contributed by atoms with van der Waals surface area (Å²) >= 11 is 5.62. The maximum Gasteiger partial charge on any atom is 0.137 e. The van der Waals surface area contributed by atoms with Crippen molar-refractivity contribution in [2.24, 2.45) is 0 Å². The zero-order chi connectivity index (χ0) is 9.14. The van der Waals surface area contributed by atoms with Crippen LogP contribution in [0.15, 0.2) is 16.6 Å². The smallest absolute Gasteiger partial charge is 0.137 e. The minimum Gasteiger partial charge on any atom is -0.497 e. The van der Waals surface area contributed by atoms with Gasteiger partial charge >= 0.3 is 0 Å². The summed E-state index contributed by atoms with van der Waals surface area (Å²) in [6.45, 7) is 0. The number of ether oxygens (including phenoxy) is 2. The van der Waals surface area contributed by atoms with Gasteiger partial charge < -0.3 is 9.47 Å². The largest absolute Gasteiger partial charge is 0.497 e. The SMILES string of the molecule is COc1cc(Br)c(I)c(OC)c1. The highest BCUT2D eigenvalue weighted by Gasteiger charge is 2.06. The fourth-order valence-electron chi connectivity index (χ4n) is 0.807. The fraction of sp³-hybridized carbons (Fsp3) is 0.250. The summed E-state index contributed by atoms with van der Waals surface area (Å²) in [5.74, 6) is 1.61. The number of hydrogen-bond acceptors (Lipinski definition) is 2. The Labute approximate surface area is 93.5 Å². The second-order valence-electron chi connectivity index (χ2n) is 2.13. The molecule has 0 aliphatic heterocycles. The molecule has 0 saturated carbocycles. The molecule has 0 aliphatic rings. The van der Waals surface area contributed by atoms with E-state index >= 15 is 0 Å². The summed E-state index contributed by atoms with van der Waals surface area (Å²) in [5, 5.41) is 0. The molecule has 0 bridgehead atoms. The highest BCUT2D eigenvalue weighted by atomic mass is 127. The monoisotopic (exact) mass is 342 g/mol. The molecule has 0 saturated heterocycles. The molecule has 0 amide bonds. The lowest BCUT2D eigenvalue weighted by Crippen LogP contribution is -1.90. The van der Waals surface area contributed by atoms with Gasteiger partial charge in [-0.2, -0.15) is 0 Å². The summed E-state index contributed by atoms with van der Waals surface area (Å²) in [7, 11) is 3.28. The first-order valence-electron chi connectivity index (χ1n) is 3.26. The second kappa shape index (κ2) is 4.32. The summed E-state index contributed by atoms with van der Waals surface area (Å²) in [4.78, 5) is 0. The zero-order valence-corrected chi connectivity index (χ0v) is 10.5. The van der Waals surface area contributed by atoms with Crippen LogP contribution in [-0.4, -0.2) is 14.2 Å². The lowest BCUT2D eigenvalue weighted by Gasteiger charge is -2.07. The third kappa shape index (κ3) is 2.04. The molecule has 12 heavy (non-hydrogen) atoms. The van der Waals surface area contributed by atoms with Crippen LogP contribution >= 0.6 is 38.5 Å². The summed E-state index contributed by atoms with van der Waals surface area (Å²) < 4.78 is 12.3. The van der Waals surface area contributed by atoms with E-state index in [2.05, 4.69) is 38.5 Å². The van der Waals surface area contributed by atoms with Gasteiger partial charge in [-0.15, -0.1) is 0 Å². The number of methoxy groups -OCH3 is 2. The number of halogens is 2. The van der Waals surface area contributed by atoms with Crippen LogP contribution in [0.4, 0.5) is 0 Å². The van der Waals surface area contributed by atoms with E-state index in [0.29, 0.717) is 0 Å². The van der Waals surface area contributed by atoms with E-state index in [-0.39, 0.29) is 0 Å². The molecule has 1 aromatic carbocycles. The first kappa shape index (κ1) is 10.1. The van der Waals surface area contributed by atoms with Gasteiger partial charge in [0.15, 0.2) is 0 Å². The van der Waals surface area contributed by atoms with Crippen LogP contribution in [0.3, 0.4) is 0 Å². The van der Waals surface area contributed by atoms with Crippen molar-refractivity contribution < 1.29 is 9.47 Å². The molecule has 0 fully saturated rings. The third-order valence-electron chi connectivity index (χ3n) is 1.42. The molecular formula is C8H8BrIO2. The minimum absolute atomic E-state index is 0.791. The van der Waals surface area contributed by atoms with Crippen molar-refractivity contribution in [3.63, 3.8) is 0 Å². The maximum absolute atomic E-state index is 5.15. The van der Waals surface area contributed by atoms with Crippen LogP contribution in [0.25, 0.3) is 0 Å². The Bertz CT molecular complexity index is 289. The van der Waals surface area contributed by atoms with Gasteiger partial charge in [0.05, 0.1) is 17.8 Å². The van der Waals surface area contributed by atoms with Gasteiger partial charge in [0, 0.05) is 10.5 Å². The highest BCUT2D eigenvalue weighted by molar-refractivity contribution is 14.1. The van der Waals surface area contributed by atoms with Gasteiger partial charge in [-0.3, -0.25) is 0 Å². The maximum atomic E-state index is 5.15. The Hall–Kier alpha value is 0.0300. The summed E-state index contributed by atoms with van der Waals surface area (Å²) in [6.07, 6.45) is 0. The van der Waals surface area contributed by atoms with Gasteiger partial charge in [-0.05, 0) is 44.6 Å². The molecule has 4 heteroatoms. The molecule has 0 aromatic heterocycles. The molecule has 0 atom stereocenters. The van der Waals surface area contributed by atoms with Crippen LogP contribution in [0, 0.1) is 3.57 Å². The standard InChI is InChI=1S/C8H8BrIO2/c1-11-5-3-6(9)8(10)7(4-5)12-2/h3-4H,1-2H3. The van der Waals surface area contributed by atoms with Gasteiger partial charge in [-0.25, -0.2) is 0 Å². The van der Waals surface area contributed by atoms with Gasteiger partial charge in [0.25, 0.3) is 0 Å². The summed E-state index contributed by atoms with van der Waals surface area (Å²) in [6, 6.07) is 3.76. The molecule has 0 spiro atoms. The Morgan fingerprint density at radius 3 is 2.42 bits per heavy atom. The molecular weight excluding hydrogens is 335 g/mol. The van der Waals surface area contributed by atoms with Crippen molar-refractivity contribution in [3.05, 3.63) is 20.2 Å². The van der Waals surface area contributed by atoms with Crippen LogP contribution in [0.2, 0.25) is 0 Å². The lowest BCUT2D eigenvalue weighted by atomic mass is 10.3. The second-order valence-corrected chi connectivity index (χ2v) is 4.06. The first-order chi connectivity index (χ1) is 5.69. The number of hydrogen-bond donors (Lipinski definition) is 0. The van der Waals surface area contributed by atoms with E-state index in [1.807, 2.05) is 12.1 Å². The molecule has 0 aliphatic carbocycles. The lowest BCUT2D eigenvalue weighted by molar-refractivity contribution is 0.392. The van der Waals surface area contributed by atoms with Crippen molar-refractivity contribution in [2.45, 2.75) is 0 Å². The van der Waals surface area contributed by atoms with E-state index < -0.39 is 0 Å². The Balaban J connectivity index is 3.19. The Morgan fingerprint density at radius 2 is 1.92 bits per heavy atom. The Morgan fingerprint density at radius 1 is 1.25 bits per heavy atom. The van der Waals surface area contributed by atoms with E-state index in [1.54, 1.807) is 14.2 Å². The van der Waals surface area contributed by atoms with Crippen LogP contribution in [0.1, 0.15) is 0 Å². The highest BCUT2D eigenvalue weighted by Crippen LogP contribution is 2.32. The normalized spacial score (nSPS) is 9.67. The minimum atomic E-state index is 0.791. The summed E-state index contributed by atoms with van der Waals surface area (Å²) in [5.41, 5.74) is 0. The van der Waals surface area contributed by atoms with Gasteiger partial charge in [0.2, 0.25) is 0 Å². The van der Waals surface area contributed by atoms with E-state index in [4.69, 9.17) is 9.47 Å². The Kier molecular flexibility index (Phi) is 3.64. The zero-order valence-electron chi connectivity index (χ0n) is 6.73. The topological polar surface area (TPSA) is 18.5 Å². The molecule has 0 N–H and O–H groups in total. The van der Waals surface area contributed by atoms with E-state index in [9.17, 15) is 0 Å². The third-order valence-corrected chi connectivity index (χ3v) is 3.90. The van der Waals surface area contributed by atoms with Crippen molar-refractivity contribution in [3.8, 4) is 11.5 Å². The van der Waals surface area contributed by atoms with E-state index in [1.165, 1.54) is 0 Å². The predicted molar refractivity (Wildman–Crippen MR) is 60.0 cm³/mol. The number of rotatable bonds is 2. The molecule has 0 unspecified atom stereocenters. The average Bonchev–Trinajstić information content (AvgIpc) is 2.09. The van der Waals surface area contributed by atoms with E-state index in [0.717, 1.165) is 19.5 Å². The average molecular weight is 343 g/mol.